The highest BCUT2D eigenvalue weighted by Gasteiger charge is 2.39. The largest absolute Gasteiger partial charge is 0.394 e. The smallest absolute Gasteiger partial charge is 0.228 e. The second-order valence-corrected chi connectivity index (χ2v) is 9.64. The molecule has 2 N–H and O–H groups in total. The standard InChI is InChI=1S/C19H21ClN6O2S/c20-13-8-21-16(22-9-13)12-2-6-26(10-12)18-23-14-3-7-29(28)15(14)17(24-18)25-19(11-27)4-1-5-19/h2,8-9,27H,1,3-7,10-11H2,(H,23,24,25). The van der Waals surface area contributed by atoms with Crippen molar-refractivity contribution in [3.63, 3.8) is 0 Å². The number of fused-ring (bicyclic) bond motifs is 1. The van der Waals surface area contributed by atoms with Gasteiger partial charge in [-0.25, -0.2) is 15.0 Å². The third kappa shape index (κ3) is 3.41. The van der Waals surface area contributed by atoms with Gasteiger partial charge in [-0.3, -0.25) is 4.21 Å². The lowest BCUT2D eigenvalue weighted by atomic mass is 9.77. The van der Waals surface area contributed by atoms with Crippen molar-refractivity contribution in [3.8, 4) is 0 Å². The molecule has 4 heterocycles. The van der Waals surface area contributed by atoms with Crippen LogP contribution in [0.15, 0.2) is 23.4 Å². The Kier molecular flexibility index (Phi) is 4.76. The number of rotatable bonds is 5. The Labute approximate surface area is 175 Å². The molecule has 1 fully saturated rings. The summed E-state index contributed by atoms with van der Waals surface area (Å²) in [7, 11) is -1.11. The summed E-state index contributed by atoms with van der Waals surface area (Å²) in [6, 6.07) is 0. The van der Waals surface area contributed by atoms with E-state index in [4.69, 9.17) is 21.6 Å². The van der Waals surface area contributed by atoms with E-state index < -0.39 is 10.8 Å². The van der Waals surface area contributed by atoms with E-state index in [1.54, 1.807) is 12.4 Å². The van der Waals surface area contributed by atoms with Crippen LogP contribution in [0.2, 0.25) is 5.02 Å². The first kappa shape index (κ1) is 18.9. The Hall–Kier alpha value is -2.10. The average Bonchev–Trinajstić information content (AvgIpc) is 3.33. The minimum absolute atomic E-state index is 0.0388. The minimum atomic E-state index is -1.11. The number of hydrogen-bond donors (Lipinski definition) is 2. The molecule has 1 unspecified atom stereocenters. The SMILES string of the molecule is O=S1CCc2nc(N3CC=C(c4ncc(Cl)cn4)C3)nc(NC3(CO)CCC3)c21. The maximum atomic E-state index is 12.5. The van der Waals surface area contributed by atoms with Crippen molar-refractivity contribution in [1.82, 2.24) is 19.9 Å². The van der Waals surface area contributed by atoms with Crippen molar-refractivity contribution < 1.29 is 9.32 Å². The molecule has 8 nitrogen and oxygen atoms in total. The average molecular weight is 433 g/mol. The molecule has 152 valence electrons. The van der Waals surface area contributed by atoms with Crippen LogP contribution >= 0.6 is 11.6 Å². The van der Waals surface area contributed by atoms with Crippen molar-refractivity contribution in [2.75, 3.05) is 35.7 Å². The van der Waals surface area contributed by atoms with Gasteiger partial charge in [-0.05, 0) is 19.3 Å². The Bertz CT molecular complexity index is 1000. The molecular formula is C19H21ClN6O2S. The molecule has 10 heteroatoms. The summed E-state index contributed by atoms with van der Waals surface area (Å²) < 4.78 is 12.5. The zero-order valence-corrected chi connectivity index (χ0v) is 17.3. The van der Waals surface area contributed by atoms with Crippen LogP contribution in [-0.4, -0.2) is 60.2 Å². The molecule has 3 aliphatic rings. The highest BCUT2D eigenvalue weighted by Crippen LogP contribution is 2.38. The van der Waals surface area contributed by atoms with Crippen LogP contribution in [0.3, 0.4) is 0 Å². The summed E-state index contributed by atoms with van der Waals surface area (Å²) in [5.74, 6) is 2.41. The van der Waals surface area contributed by atoms with Gasteiger partial charge in [0.2, 0.25) is 5.95 Å². The number of aromatic nitrogens is 4. The number of aliphatic hydroxyl groups excluding tert-OH is 1. The Balaban J connectivity index is 1.43. The third-order valence-corrected chi connectivity index (χ3v) is 7.44. The summed E-state index contributed by atoms with van der Waals surface area (Å²) in [6.45, 7) is 1.28. The molecule has 0 bridgehead atoms. The first-order valence-electron chi connectivity index (χ1n) is 9.67. The molecule has 0 saturated heterocycles. The van der Waals surface area contributed by atoms with E-state index in [-0.39, 0.29) is 12.1 Å². The summed E-state index contributed by atoms with van der Waals surface area (Å²) in [5, 5.41) is 13.8. The van der Waals surface area contributed by atoms with Crippen molar-refractivity contribution in [2.24, 2.45) is 0 Å². The minimum Gasteiger partial charge on any atom is -0.394 e. The van der Waals surface area contributed by atoms with Crippen LogP contribution in [0.5, 0.6) is 0 Å². The van der Waals surface area contributed by atoms with Crippen molar-refractivity contribution in [2.45, 2.75) is 36.1 Å². The zero-order chi connectivity index (χ0) is 20.0. The van der Waals surface area contributed by atoms with Crippen molar-refractivity contribution >= 4 is 39.7 Å². The summed E-state index contributed by atoms with van der Waals surface area (Å²) in [4.78, 5) is 20.8. The maximum absolute atomic E-state index is 12.5. The van der Waals surface area contributed by atoms with Gasteiger partial charge in [-0.2, -0.15) is 4.98 Å². The summed E-state index contributed by atoms with van der Waals surface area (Å²) in [5.41, 5.74) is 1.46. The lowest BCUT2D eigenvalue weighted by Crippen LogP contribution is -2.48. The first-order chi connectivity index (χ1) is 14.1. The van der Waals surface area contributed by atoms with Gasteiger partial charge in [-0.15, -0.1) is 0 Å². The second-order valence-electron chi connectivity index (χ2n) is 7.70. The Morgan fingerprint density at radius 3 is 2.76 bits per heavy atom. The van der Waals surface area contributed by atoms with Crippen LogP contribution in [0.1, 0.15) is 30.8 Å². The molecule has 29 heavy (non-hydrogen) atoms. The van der Waals surface area contributed by atoms with E-state index in [0.29, 0.717) is 52.8 Å². The molecule has 1 saturated carbocycles. The Morgan fingerprint density at radius 2 is 2.07 bits per heavy atom. The summed E-state index contributed by atoms with van der Waals surface area (Å²) in [6.07, 6.45) is 8.74. The predicted octanol–water partition coefficient (Wildman–Crippen LogP) is 1.81. The zero-order valence-electron chi connectivity index (χ0n) is 15.8. The molecule has 1 aliphatic carbocycles. The predicted molar refractivity (Wildman–Crippen MR) is 112 cm³/mol. The van der Waals surface area contributed by atoms with E-state index >= 15 is 0 Å². The molecule has 0 aromatic carbocycles. The van der Waals surface area contributed by atoms with Crippen molar-refractivity contribution in [1.29, 1.82) is 0 Å². The van der Waals surface area contributed by atoms with Crippen LogP contribution in [0.25, 0.3) is 5.57 Å². The second kappa shape index (κ2) is 7.30. The number of halogens is 1. The summed E-state index contributed by atoms with van der Waals surface area (Å²) >= 11 is 5.88. The molecule has 2 aliphatic heterocycles. The number of anilines is 2. The molecular weight excluding hydrogens is 412 g/mol. The van der Waals surface area contributed by atoms with Gasteiger partial charge in [0, 0.05) is 43.2 Å². The van der Waals surface area contributed by atoms with Crippen molar-refractivity contribution in [3.05, 3.63) is 35.0 Å². The fourth-order valence-corrected chi connectivity index (χ4v) is 5.34. The topological polar surface area (TPSA) is 104 Å². The molecule has 0 spiro atoms. The lowest BCUT2D eigenvalue weighted by Gasteiger charge is -2.41. The lowest BCUT2D eigenvalue weighted by molar-refractivity contribution is 0.143. The molecule has 1 atom stereocenters. The quantitative estimate of drug-likeness (QED) is 0.737. The van der Waals surface area contributed by atoms with Crippen LogP contribution in [-0.2, 0) is 17.2 Å². The van der Waals surface area contributed by atoms with Gasteiger partial charge in [-0.1, -0.05) is 17.7 Å². The van der Waals surface area contributed by atoms with E-state index in [1.165, 1.54) is 0 Å². The first-order valence-corrected chi connectivity index (χ1v) is 11.4. The number of nitrogens with one attached hydrogen (secondary N) is 1. The number of aliphatic hydroxyl groups is 1. The molecule has 0 amide bonds. The van der Waals surface area contributed by atoms with Gasteiger partial charge in [0.25, 0.3) is 0 Å². The van der Waals surface area contributed by atoms with E-state index in [2.05, 4.69) is 21.4 Å². The van der Waals surface area contributed by atoms with Gasteiger partial charge < -0.3 is 15.3 Å². The van der Waals surface area contributed by atoms with Crippen LogP contribution in [0, 0.1) is 0 Å². The van der Waals surface area contributed by atoms with Gasteiger partial charge in [0.1, 0.15) is 10.7 Å². The highest BCUT2D eigenvalue weighted by molar-refractivity contribution is 7.85. The van der Waals surface area contributed by atoms with E-state index in [1.807, 2.05) is 4.90 Å². The molecule has 5 rings (SSSR count). The van der Waals surface area contributed by atoms with Crippen LogP contribution in [0.4, 0.5) is 11.8 Å². The normalized spacial score (nSPS) is 22.2. The maximum Gasteiger partial charge on any atom is 0.228 e. The molecule has 0 radical (unpaired) electrons. The number of nitrogens with zero attached hydrogens (tertiary/aromatic N) is 5. The highest BCUT2D eigenvalue weighted by atomic mass is 35.5. The fourth-order valence-electron chi connectivity index (χ4n) is 3.94. The van der Waals surface area contributed by atoms with Gasteiger partial charge in [0.15, 0.2) is 5.82 Å². The number of aryl methyl sites for hydroxylation is 1. The monoisotopic (exact) mass is 432 g/mol. The molecule has 2 aromatic heterocycles. The van der Waals surface area contributed by atoms with Gasteiger partial charge >= 0.3 is 0 Å². The van der Waals surface area contributed by atoms with E-state index in [0.717, 1.165) is 30.5 Å². The Morgan fingerprint density at radius 1 is 1.28 bits per heavy atom. The van der Waals surface area contributed by atoms with E-state index in [9.17, 15) is 9.32 Å². The van der Waals surface area contributed by atoms with Crippen LogP contribution < -0.4 is 10.2 Å². The van der Waals surface area contributed by atoms with Gasteiger partial charge in [0.05, 0.1) is 33.7 Å². The number of hydrogen-bond acceptors (Lipinski definition) is 8. The third-order valence-electron chi connectivity index (χ3n) is 5.78. The molecule has 2 aromatic rings. The fraction of sp³-hybridized carbons (Fsp3) is 0.474.